The lowest BCUT2D eigenvalue weighted by molar-refractivity contribution is -0.152. The Hall–Kier alpha value is -1.10. The third-order valence-electron chi connectivity index (χ3n) is 3.10. The maximum Gasteiger partial charge on any atom is 0.311 e. The molecule has 0 unspecified atom stereocenters. The second-order valence-electron chi connectivity index (χ2n) is 5.46. The molecule has 0 bridgehead atoms. The van der Waals surface area contributed by atoms with Crippen molar-refractivity contribution in [1.82, 2.24) is 5.32 Å². The predicted octanol–water partition coefficient (Wildman–Crippen LogP) is 1.42. The van der Waals surface area contributed by atoms with Crippen molar-refractivity contribution in [2.24, 2.45) is 5.41 Å². The van der Waals surface area contributed by atoms with Gasteiger partial charge in [-0.15, -0.1) is 0 Å². The number of carboxylic acid groups (broad SMARTS) is 1. The standard InChI is InChI=1S/C12H23NO4/c1-8(2)17-7-9(14)13-12(5,6)11(3,4)10(15)16/h8H,7H2,1-6H3,(H,13,14)(H,15,16). The third-order valence-corrected chi connectivity index (χ3v) is 3.10. The van der Waals surface area contributed by atoms with Gasteiger partial charge in [0.2, 0.25) is 5.91 Å². The molecule has 5 heteroatoms. The van der Waals surface area contributed by atoms with Crippen molar-refractivity contribution in [3.05, 3.63) is 0 Å². The van der Waals surface area contributed by atoms with Gasteiger partial charge in [-0.3, -0.25) is 9.59 Å². The first kappa shape index (κ1) is 15.9. The summed E-state index contributed by atoms with van der Waals surface area (Å²) in [6.07, 6.45) is -0.0312. The van der Waals surface area contributed by atoms with Gasteiger partial charge in [-0.2, -0.15) is 0 Å². The van der Waals surface area contributed by atoms with E-state index in [0.717, 1.165) is 0 Å². The number of carbonyl (C=O) groups is 2. The Bertz CT molecular complexity index is 295. The fraction of sp³-hybridized carbons (Fsp3) is 0.833. The van der Waals surface area contributed by atoms with Gasteiger partial charge in [0.15, 0.2) is 0 Å². The second kappa shape index (κ2) is 5.49. The Morgan fingerprint density at radius 3 is 2.06 bits per heavy atom. The highest BCUT2D eigenvalue weighted by molar-refractivity contribution is 5.81. The van der Waals surface area contributed by atoms with E-state index in [1.165, 1.54) is 0 Å². The van der Waals surface area contributed by atoms with Crippen LogP contribution in [0.3, 0.4) is 0 Å². The largest absolute Gasteiger partial charge is 0.481 e. The third kappa shape index (κ3) is 4.34. The molecule has 2 N–H and O–H groups in total. The summed E-state index contributed by atoms with van der Waals surface area (Å²) >= 11 is 0. The van der Waals surface area contributed by atoms with E-state index < -0.39 is 16.9 Å². The highest BCUT2D eigenvalue weighted by atomic mass is 16.5. The molecule has 0 aromatic rings. The van der Waals surface area contributed by atoms with Gasteiger partial charge in [0.25, 0.3) is 0 Å². The maximum absolute atomic E-state index is 11.6. The molecule has 0 aliphatic carbocycles. The van der Waals surface area contributed by atoms with Crippen LogP contribution in [0.4, 0.5) is 0 Å². The average Bonchev–Trinajstić information content (AvgIpc) is 2.13. The normalized spacial score (nSPS) is 12.6. The second-order valence-corrected chi connectivity index (χ2v) is 5.46. The molecule has 5 nitrogen and oxygen atoms in total. The Labute approximate surface area is 103 Å². The number of amides is 1. The highest BCUT2D eigenvalue weighted by Gasteiger charge is 2.44. The van der Waals surface area contributed by atoms with Gasteiger partial charge < -0.3 is 15.2 Å². The van der Waals surface area contributed by atoms with Crippen LogP contribution in [0.1, 0.15) is 41.5 Å². The topological polar surface area (TPSA) is 75.6 Å². The zero-order chi connectivity index (χ0) is 13.9. The van der Waals surface area contributed by atoms with Crippen LogP contribution in [-0.4, -0.2) is 35.2 Å². The molecule has 0 aliphatic rings. The Kier molecular flexibility index (Phi) is 5.13. The Morgan fingerprint density at radius 1 is 1.24 bits per heavy atom. The molecule has 0 fully saturated rings. The summed E-state index contributed by atoms with van der Waals surface area (Å²) < 4.78 is 5.16. The molecule has 0 saturated heterocycles. The van der Waals surface area contributed by atoms with Gasteiger partial charge in [-0.25, -0.2) is 0 Å². The van der Waals surface area contributed by atoms with Crippen molar-refractivity contribution in [2.75, 3.05) is 6.61 Å². The molecule has 0 atom stereocenters. The van der Waals surface area contributed by atoms with Crippen molar-refractivity contribution >= 4 is 11.9 Å². The summed E-state index contributed by atoms with van der Waals surface area (Å²) in [7, 11) is 0. The minimum absolute atomic E-state index is 0.0312. The highest BCUT2D eigenvalue weighted by Crippen LogP contribution is 2.30. The summed E-state index contributed by atoms with van der Waals surface area (Å²) in [5.74, 6) is -1.26. The van der Waals surface area contributed by atoms with Crippen LogP contribution in [0.25, 0.3) is 0 Å². The summed E-state index contributed by atoms with van der Waals surface area (Å²) in [6, 6.07) is 0. The first-order valence-corrected chi connectivity index (χ1v) is 5.66. The zero-order valence-electron chi connectivity index (χ0n) is 11.5. The van der Waals surface area contributed by atoms with Crippen molar-refractivity contribution in [2.45, 2.75) is 53.2 Å². The lowest BCUT2D eigenvalue weighted by atomic mass is 9.74. The monoisotopic (exact) mass is 245 g/mol. The molecule has 0 aromatic carbocycles. The molecule has 17 heavy (non-hydrogen) atoms. The van der Waals surface area contributed by atoms with Crippen molar-refractivity contribution < 1.29 is 19.4 Å². The average molecular weight is 245 g/mol. The van der Waals surface area contributed by atoms with Crippen LogP contribution in [0, 0.1) is 5.41 Å². The number of hydrogen-bond acceptors (Lipinski definition) is 3. The van der Waals surface area contributed by atoms with E-state index in [2.05, 4.69) is 5.32 Å². The first-order valence-electron chi connectivity index (χ1n) is 5.66. The number of aliphatic carboxylic acids is 1. The van der Waals surface area contributed by atoms with E-state index in [0.29, 0.717) is 0 Å². The van der Waals surface area contributed by atoms with E-state index in [-0.39, 0.29) is 18.6 Å². The number of hydrogen-bond donors (Lipinski definition) is 2. The fourth-order valence-electron chi connectivity index (χ4n) is 1.05. The zero-order valence-corrected chi connectivity index (χ0v) is 11.5. The van der Waals surface area contributed by atoms with E-state index >= 15 is 0 Å². The summed E-state index contributed by atoms with van der Waals surface area (Å²) in [5, 5.41) is 11.8. The van der Waals surface area contributed by atoms with Gasteiger partial charge in [-0.1, -0.05) is 0 Å². The summed E-state index contributed by atoms with van der Waals surface area (Å²) in [4.78, 5) is 22.7. The smallest absolute Gasteiger partial charge is 0.311 e. The molecule has 0 heterocycles. The molecule has 1 amide bonds. The molecule has 0 spiro atoms. The molecule has 100 valence electrons. The molecule has 0 rings (SSSR count). The first-order chi connectivity index (χ1) is 7.50. The van der Waals surface area contributed by atoms with Crippen LogP contribution < -0.4 is 5.32 Å². The van der Waals surface area contributed by atoms with E-state index in [9.17, 15) is 9.59 Å². The maximum atomic E-state index is 11.6. The van der Waals surface area contributed by atoms with Crippen molar-refractivity contribution in [1.29, 1.82) is 0 Å². The van der Waals surface area contributed by atoms with Crippen LogP contribution in [-0.2, 0) is 14.3 Å². The van der Waals surface area contributed by atoms with Crippen LogP contribution in [0.2, 0.25) is 0 Å². The fourth-order valence-corrected chi connectivity index (χ4v) is 1.05. The van der Waals surface area contributed by atoms with Gasteiger partial charge in [0.05, 0.1) is 17.1 Å². The predicted molar refractivity (Wildman–Crippen MR) is 64.7 cm³/mol. The van der Waals surface area contributed by atoms with E-state index in [1.807, 2.05) is 13.8 Å². The Morgan fingerprint density at radius 2 is 1.71 bits per heavy atom. The quantitative estimate of drug-likeness (QED) is 0.742. The van der Waals surface area contributed by atoms with Crippen molar-refractivity contribution in [3.8, 4) is 0 Å². The van der Waals surface area contributed by atoms with Crippen LogP contribution in [0.5, 0.6) is 0 Å². The number of carbonyl (C=O) groups excluding carboxylic acids is 1. The summed E-state index contributed by atoms with van der Waals surface area (Å²) in [5.41, 5.74) is -1.91. The van der Waals surface area contributed by atoms with E-state index in [4.69, 9.17) is 9.84 Å². The lowest BCUT2D eigenvalue weighted by Gasteiger charge is -2.38. The minimum atomic E-state index is -1.06. The number of rotatable bonds is 6. The SMILES string of the molecule is CC(C)OCC(=O)NC(C)(C)C(C)(C)C(=O)O. The van der Waals surface area contributed by atoms with Gasteiger partial charge in [-0.05, 0) is 41.5 Å². The number of carboxylic acids is 1. The minimum Gasteiger partial charge on any atom is -0.481 e. The number of ether oxygens (including phenoxy) is 1. The van der Waals surface area contributed by atoms with Gasteiger partial charge in [0, 0.05) is 0 Å². The molecular formula is C12H23NO4. The molecular weight excluding hydrogens is 222 g/mol. The molecule has 0 aromatic heterocycles. The summed E-state index contributed by atoms with van der Waals surface area (Å²) in [6.45, 7) is 10.1. The molecule has 0 saturated carbocycles. The molecule has 0 radical (unpaired) electrons. The van der Waals surface area contributed by atoms with Gasteiger partial charge >= 0.3 is 5.97 Å². The van der Waals surface area contributed by atoms with Crippen LogP contribution >= 0.6 is 0 Å². The number of nitrogens with one attached hydrogen (secondary N) is 1. The van der Waals surface area contributed by atoms with Crippen molar-refractivity contribution in [3.63, 3.8) is 0 Å². The van der Waals surface area contributed by atoms with Crippen LogP contribution in [0.15, 0.2) is 0 Å². The van der Waals surface area contributed by atoms with E-state index in [1.54, 1.807) is 27.7 Å². The molecule has 0 aliphatic heterocycles. The van der Waals surface area contributed by atoms with Gasteiger partial charge in [0.1, 0.15) is 6.61 Å². The Balaban J connectivity index is 4.54. The lowest BCUT2D eigenvalue weighted by Crippen LogP contribution is -2.57.